The summed E-state index contributed by atoms with van der Waals surface area (Å²) in [5, 5.41) is 0. The van der Waals surface area contributed by atoms with Crippen LogP contribution in [-0.4, -0.2) is 8.42 Å². The Morgan fingerprint density at radius 3 is 2.48 bits per heavy atom. The second-order valence-electron chi connectivity index (χ2n) is 4.20. The fraction of sp³-hybridized carbons (Fsp3) is 0.0769. The van der Waals surface area contributed by atoms with Crippen molar-refractivity contribution in [2.75, 3.05) is 4.72 Å². The molecule has 2 aromatic carbocycles. The van der Waals surface area contributed by atoms with Crippen molar-refractivity contribution in [3.05, 3.63) is 58.1 Å². The van der Waals surface area contributed by atoms with Gasteiger partial charge >= 0.3 is 0 Å². The maximum Gasteiger partial charge on any atom is 0.264 e. The van der Waals surface area contributed by atoms with E-state index in [0.29, 0.717) is 10.0 Å². The van der Waals surface area contributed by atoms with Crippen LogP contribution in [0.3, 0.4) is 0 Å². The van der Waals surface area contributed by atoms with Gasteiger partial charge in [-0.05, 0) is 51.8 Å². The molecular weight excluding hydrogens is 366 g/mol. The van der Waals surface area contributed by atoms with Crippen molar-refractivity contribution in [2.24, 2.45) is 5.73 Å². The first kappa shape index (κ1) is 15.9. The lowest BCUT2D eigenvalue weighted by molar-refractivity contribution is 0.569. The van der Waals surface area contributed by atoms with Crippen LogP contribution in [0.5, 0.6) is 0 Å². The summed E-state index contributed by atoms with van der Waals surface area (Å²) in [6.07, 6.45) is 0. The quantitative estimate of drug-likeness (QED) is 0.861. The molecule has 2 aromatic rings. The van der Waals surface area contributed by atoms with E-state index in [-0.39, 0.29) is 12.2 Å². The molecule has 112 valence electrons. The van der Waals surface area contributed by atoms with Gasteiger partial charge < -0.3 is 5.73 Å². The molecule has 0 amide bonds. The second-order valence-corrected chi connectivity index (χ2v) is 6.70. The Morgan fingerprint density at radius 1 is 1.14 bits per heavy atom. The number of halogens is 3. The highest BCUT2D eigenvalue weighted by molar-refractivity contribution is 9.10. The van der Waals surface area contributed by atoms with Gasteiger partial charge in [-0.25, -0.2) is 17.2 Å². The SMILES string of the molecule is NCc1ccc(S(=O)(=O)Nc2cc(F)ccc2Br)c(F)c1. The zero-order chi connectivity index (χ0) is 15.6. The Kier molecular flexibility index (Phi) is 4.60. The van der Waals surface area contributed by atoms with E-state index in [1.54, 1.807) is 0 Å². The Hall–Kier alpha value is -1.51. The smallest absolute Gasteiger partial charge is 0.264 e. The minimum absolute atomic E-state index is 0.0164. The van der Waals surface area contributed by atoms with Crippen molar-refractivity contribution in [2.45, 2.75) is 11.4 Å². The van der Waals surface area contributed by atoms with Crippen molar-refractivity contribution < 1.29 is 17.2 Å². The van der Waals surface area contributed by atoms with Gasteiger partial charge in [0.15, 0.2) is 0 Å². The van der Waals surface area contributed by atoms with Crippen molar-refractivity contribution in [3.8, 4) is 0 Å². The lowest BCUT2D eigenvalue weighted by atomic mass is 10.2. The van der Waals surface area contributed by atoms with Crippen molar-refractivity contribution in [3.63, 3.8) is 0 Å². The standard InChI is InChI=1S/C13H11BrF2N2O2S/c14-10-3-2-9(15)6-12(10)18-21(19,20)13-4-1-8(7-17)5-11(13)16/h1-6,18H,7,17H2. The maximum atomic E-state index is 13.9. The average molecular weight is 377 g/mol. The van der Waals surface area contributed by atoms with Crippen molar-refractivity contribution >= 4 is 31.6 Å². The summed E-state index contributed by atoms with van der Waals surface area (Å²) in [5.74, 6) is -1.53. The molecule has 21 heavy (non-hydrogen) atoms. The van der Waals surface area contributed by atoms with Crippen molar-refractivity contribution in [1.29, 1.82) is 0 Å². The topological polar surface area (TPSA) is 72.2 Å². The number of hydrogen-bond acceptors (Lipinski definition) is 3. The summed E-state index contributed by atoms with van der Waals surface area (Å²) in [4.78, 5) is -0.532. The highest BCUT2D eigenvalue weighted by atomic mass is 79.9. The maximum absolute atomic E-state index is 13.9. The molecular formula is C13H11BrF2N2O2S. The summed E-state index contributed by atoms with van der Waals surface area (Å²) < 4.78 is 53.8. The van der Waals surface area contributed by atoms with Crippen LogP contribution >= 0.6 is 15.9 Å². The number of rotatable bonds is 4. The van der Waals surface area contributed by atoms with Gasteiger partial charge in [0.2, 0.25) is 0 Å². The molecule has 2 rings (SSSR count). The molecule has 0 radical (unpaired) electrons. The largest absolute Gasteiger partial charge is 0.326 e. The van der Waals surface area contributed by atoms with Crippen LogP contribution in [0.15, 0.2) is 45.8 Å². The molecule has 0 unspecified atom stereocenters. The molecule has 3 N–H and O–H groups in total. The normalized spacial score (nSPS) is 11.4. The van der Waals surface area contributed by atoms with Crippen LogP contribution in [0.25, 0.3) is 0 Å². The predicted octanol–water partition coefficient (Wildman–Crippen LogP) is 2.99. The van der Waals surface area contributed by atoms with E-state index in [1.165, 1.54) is 18.2 Å². The third-order valence-electron chi connectivity index (χ3n) is 2.69. The number of sulfonamides is 1. The molecule has 0 aromatic heterocycles. The molecule has 0 bridgehead atoms. The number of nitrogens with one attached hydrogen (secondary N) is 1. The summed E-state index contributed by atoms with van der Waals surface area (Å²) >= 11 is 3.09. The molecule has 0 heterocycles. The number of hydrogen-bond donors (Lipinski definition) is 2. The summed E-state index contributed by atoms with van der Waals surface area (Å²) in [6.45, 7) is 0.0973. The van der Waals surface area contributed by atoms with E-state index in [1.807, 2.05) is 0 Å². The molecule has 0 aliphatic rings. The van der Waals surface area contributed by atoms with Gasteiger partial charge in [-0.3, -0.25) is 4.72 Å². The molecule has 8 heteroatoms. The fourth-order valence-electron chi connectivity index (χ4n) is 1.66. The first-order valence-corrected chi connectivity index (χ1v) is 8.07. The lowest BCUT2D eigenvalue weighted by Gasteiger charge is -2.11. The van der Waals surface area contributed by atoms with Gasteiger partial charge in [0, 0.05) is 11.0 Å². The molecule has 0 spiro atoms. The van der Waals surface area contributed by atoms with Crippen LogP contribution in [0, 0.1) is 11.6 Å². The lowest BCUT2D eigenvalue weighted by Crippen LogP contribution is -2.15. The zero-order valence-corrected chi connectivity index (χ0v) is 13.0. The number of benzene rings is 2. The van der Waals surface area contributed by atoms with E-state index in [2.05, 4.69) is 20.7 Å². The summed E-state index contributed by atoms with van der Waals surface area (Å²) in [5.41, 5.74) is 5.81. The van der Waals surface area contributed by atoms with Crippen LogP contribution in [-0.2, 0) is 16.6 Å². The molecule has 0 saturated heterocycles. The van der Waals surface area contributed by atoms with Gasteiger partial charge in [-0.15, -0.1) is 0 Å². The second kappa shape index (κ2) is 6.08. The van der Waals surface area contributed by atoms with E-state index < -0.39 is 26.6 Å². The van der Waals surface area contributed by atoms with Gasteiger partial charge in [-0.2, -0.15) is 0 Å². The molecule has 0 aliphatic carbocycles. The fourth-order valence-corrected chi connectivity index (χ4v) is 3.27. The first-order chi connectivity index (χ1) is 9.83. The monoisotopic (exact) mass is 376 g/mol. The molecule has 0 atom stereocenters. The van der Waals surface area contributed by atoms with Gasteiger partial charge in [-0.1, -0.05) is 6.07 Å². The summed E-state index contributed by atoms with van der Waals surface area (Å²) in [7, 11) is -4.17. The third-order valence-corrected chi connectivity index (χ3v) is 4.78. The first-order valence-electron chi connectivity index (χ1n) is 5.80. The minimum atomic E-state index is -4.17. The minimum Gasteiger partial charge on any atom is -0.326 e. The predicted molar refractivity (Wildman–Crippen MR) is 79.2 cm³/mol. The average Bonchev–Trinajstić information content (AvgIpc) is 2.42. The van der Waals surface area contributed by atoms with E-state index in [4.69, 9.17) is 5.73 Å². The highest BCUT2D eigenvalue weighted by Gasteiger charge is 2.20. The van der Waals surface area contributed by atoms with E-state index in [9.17, 15) is 17.2 Å². The van der Waals surface area contributed by atoms with Crippen LogP contribution in [0.1, 0.15) is 5.56 Å². The highest BCUT2D eigenvalue weighted by Crippen LogP contribution is 2.26. The van der Waals surface area contributed by atoms with Gasteiger partial charge in [0.05, 0.1) is 5.69 Å². The van der Waals surface area contributed by atoms with E-state index in [0.717, 1.165) is 18.2 Å². The summed E-state index contributed by atoms with van der Waals surface area (Å²) in [6, 6.07) is 7.09. The Balaban J connectivity index is 2.41. The number of anilines is 1. The van der Waals surface area contributed by atoms with Crippen LogP contribution < -0.4 is 10.5 Å². The Morgan fingerprint density at radius 2 is 1.86 bits per heavy atom. The van der Waals surface area contributed by atoms with Crippen molar-refractivity contribution in [1.82, 2.24) is 0 Å². The molecule has 0 aliphatic heterocycles. The van der Waals surface area contributed by atoms with E-state index >= 15 is 0 Å². The Labute approximate surface area is 129 Å². The van der Waals surface area contributed by atoms with Gasteiger partial charge in [0.25, 0.3) is 10.0 Å². The van der Waals surface area contributed by atoms with Crippen LogP contribution in [0.4, 0.5) is 14.5 Å². The van der Waals surface area contributed by atoms with Crippen LogP contribution in [0.2, 0.25) is 0 Å². The molecule has 0 fully saturated rings. The Bertz CT molecular complexity index is 782. The molecule has 4 nitrogen and oxygen atoms in total. The number of nitrogens with two attached hydrogens (primary N) is 1. The zero-order valence-electron chi connectivity index (χ0n) is 10.6. The van der Waals surface area contributed by atoms with Gasteiger partial charge in [0.1, 0.15) is 16.5 Å². The third kappa shape index (κ3) is 3.58. The molecule has 0 saturated carbocycles.